The number of carbonyl (C=O) groups is 1. The molecule has 1 rings (SSSR count). The fraction of sp³-hybridized carbons (Fsp3) is 0.692. The quantitative estimate of drug-likeness (QED) is 0.763. The summed E-state index contributed by atoms with van der Waals surface area (Å²) in [6.45, 7) is 10.1. The zero-order chi connectivity index (χ0) is 13.5. The number of likely N-dealkylation sites (N-methyl/N-ethyl adjacent to an activating group) is 1. The Morgan fingerprint density at radius 3 is 2.72 bits per heavy atom. The maximum atomic E-state index is 11.6. The molecule has 1 unspecified atom stereocenters. The van der Waals surface area contributed by atoms with Crippen LogP contribution in [0.25, 0.3) is 0 Å². The topological polar surface area (TPSA) is 59.0 Å². The van der Waals surface area contributed by atoms with E-state index in [9.17, 15) is 4.79 Å². The first kappa shape index (κ1) is 14.7. The first-order valence-electron chi connectivity index (χ1n) is 6.69. The molecule has 5 nitrogen and oxygen atoms in total. The lowest BCUT2D eigenvalue weighted by atomic mass is 10.2. The van der Waals surface area contributed by atoms with Crippen LogP contribution in [0.3, 0.4) is 0 Å². The van der Waals surface area contributed by atoms with E-state index in [0.717, 1.165) is 24.4 Å². The minimum Gasteiger partial charge on any atom is -0.355 e. The highest BCUT2D eigenvalue weighted by Gasteiger charge is 2.12. The minimum atomic E-state index is -0.185. The molecule has 1 aromatic rings. The van der Waals surface area contributed by atoms with Gasteiger partial charge in [-0.3, -0.25) is 9.48 Å². The van der Waals surface area contributed by atoms with Crippen molar-refractivity contribution in [2.75, 3.05) is 6.54 Å². The van der Waals surface area contributed by atoms with Crippen LogP contribution in [0.1, 0.15) is 39.1 Å². The maximum Gasteiger partial charge on any atom is 0.236 e. The Bertz CT molecular complexity index is 386. The van der Waals surface area contributed by atoms with Crippen LogP contribution in [0.4, 0.5) is 0 Å². The molecule has 1 amide bonds. The molecule has 0 aliphatic rings. The van der Waals surface area contributed by atoms with Gasteiger partial charge in [0, 0.05) is 19.6 Å². The molecular formula is C13H24N4O. The van der Waals surface area contributed by atoms with E-state index in [1.807, 2.05) is 18.5 Å². The van der Waals surface area contributed by atoms with E-state index in [2.05, 4.69) is 35.6 Å². The third kappa shape index (κ3) is 3.84. The average Bonchev–Trinajstić information content (AvgIpc) is 2.78. The molecule has 1 heterocycles. The van der Waals surface area contributed by atoms with Crippen LogP contribution < -0.4 is 10.6 Å². The van der Waals surface area contributed by atoms with Crippen LogP contribution in [-0.4, -0.2) is 28.3 Å². The Morgan fingerprint density at radius 1 is 1.44 bits per heavy atom. The number of carbonyl (C=O) groups excluding carboxylic acids is 1. The second-order valence-electron chi connectivity index (χ2n) is 4.29. The summed E-state index contributed by atoms with van der Waals surface area (Å²) < 4.78 is 1.98. The predicted molar refractivity (Wildman–Crippen MR) is 72.3 cm³/mol. The van der Waals surface area contributed by atoms with Crippen molar-refractivity contribution in [2.24, 2.45) is 0 Å². The van der Waals surface area contributed by atoms with Crippen LogP contribution >= 0.6 is 0 Å². The van der Waals surface area contributed by atoms with Gasteiger partial charge in [0.1, 0.15) is 0 Å². The Balaban J connectivity index is 2.57. The number of hydrogen-bond acceptors (Lipinski definition) is 3. The van der Waals surface area contributed by atoms with E-state index in [1.165, 1.54) is 0 Å². The number of nitrogens with one attached hydrogen (secondary N) is 2. The van der Waals surface area contributed by atoms with Crippen molar-refractivity contribution in [3.05, 3.63) is 17.5 Å². The van der Waals surface area contributed by atoms with E-state index in [4.69, 9.17) is 0 Å². The van der Waals surface area contributed by atoms with Crippen LogP contribution in [-0.2, 0) is 24.3 Å². The Hall–Kier alpha value is -1.36. The maximum absolute atomic E-state index is 11.6. The van der Waals surface area contributed by atoms with Gasteiger partial charge in [-0.25, -0.2) is 0 Å². The summed E-state index contributed by atoms with van der Waals surface area (Å²) in [6, 6.07) is 1.91. The zero-order valence-corrected chi connectivity index (χ0v) is 11.8. The summed E-state index contributed by atoms with van der Waals surface area (Å²) in [5.74, 6) is 0.0378. The molecular weight excluding hydrogens is 228 g/mol. The molecule has 0 aliphatic heterocycles. The molecule has 0 aromatic carbocycles. The number of nitrogens with zero attached hydrogens (tertiary/aromatic N) is 2. The molecule has 1 aromatic heterocycles. The largest absolute Gasteiger partial charge is 0.355 e. The normalized spacial score (nSPS) is 12.4. The van der Waals surface area contributed by atoms with Gasteiger partial charge in [0.2, 0.25) is 5.91 Å². The molecule has 0 radical (unpaired) electrons. The lowest BCUT2D eigenvalue weighted by molar-refractivity contribution is -0.122. The Labute approximate surface area is 109 Å². The van der Waals surface area contributed by atoms with Crippen LogP contribution in [0, 0.1) is 0 Å². The van der Waals surface area contributed by atoms with Crippen LogP contribution in [0.5, 0.6) is 0 Å². The zero-order valence-electron chi connectivity index (χ0n) is 11.8. The van der Waals surface area contributed by atoms with Gasteiger partial charge in [-0.1, -0.05) is 6.92 Å². The van der Waals surface area contributed by atoms with Gasteiger partial charge in [0.25, 0.3) is 0 Å². The van der Waals surface area contributed by atoms with Crippen molar-refractivity contribution >= 4 is 5.91 Å². The highest BCUT2D eigenvalue weighted by Crippen LogP contribution is 2.05. The van der Waals surface area contributed by atoms with E-state index >= 15 is 0 Å². The standard InChI is InChI=1S/C13H24N4O/c1-5-11-8-12(17(7-3)16-11)9-15-10(4)13(18)14-6-2/h8,10,15H,5-7,9H2,1-4H3,(H,14,18). The Kier molecular flexibility index (Phi) is 5.85. The summed E-state index contributed by atoms with van der Waals surface area (Å²) in [7, 11) is 0. The number of aromatic nitrogens is 2. The van der Waals surface area contributed by atoms with E-state index in [0.29, 0.717) is 13.1 Å². The molecule has 2 N–H and O–H groups in total. The molecule has 102 valence electrons. The van der Waals surface area contributed by atoms with Gasteiger partial charge in [-0.2, -0.15) is 5.10 Å². The van der Waals surface area contributed by atoms with Gasteiger partial charge in [0.15, 0.2) is 0 Å². The molecule has 0 saturated heterocycles. The van der Waals surface area contributed by atoms with Gasteiger partial charge in [-0.15, -0.1) is 0 Å². The van der Waals surface area contributed by atoms with Gasteiger partial charge < -0.3 is 10.6 Å². The molecule has 0 saturated carbocycles. The van der Waals surface area contributed by atoms with Crippen molar-refractivity contribution in [2.45, 2.75) is 53.2 Å². The third-order valence-electron chi connectivity index (χ3n) is 2.91. The minimum absolute atomic E-state index is 0.0378. The van der Waals surface area contributed by atoms with Crippen molar-refractivity contribution in [3.8, 4) is 0 Å². The van der Waals surface area contributed by atoms with Crippen molar-refractivity contribution in [3.63, 3.8) is 0 Å². The summed E-state index contributed by atoms with van der Waals surface area (Å²) >= 11 is 0. The first-order chi connectivity index (χ1) is 8.62. The first-order valence-corrected chi connectivity index (χ1v) is 6.69. The van der Waals surface area contributed by atoms with Gasteiger partial charge in [0.05, 0.1) is 17.4 Å². The lowest BCUT2D eigenvalue weighted by Gasteiger charge is -2.13. The van der Waals surface area contributed by atoms with Gasteiger partial charge >= 0.3 is 0 Å². The van der Waals surface area contributed by atoms with E-state index in [1.54, 1.807) is 0 Å². The summed E-state index contributed by atoms with van der Waals surface area (Å²) in [5.41, 5.74) is 2.23. The SMILES string of the molecule is CCNC(=O)C(C)NCc1cc(CC)nn1CC. The molecule has 0 fully saturated rings. The average molecular weight is 252 g/mol. The molecule has 0 spiro atoms. The number of hydrogen-bond donors (Lipinski definition) is 2. The fourth-order valence-electron chi connectivity index (χ4n) is 1.78. The number of aryl methyl sites for hydroxylation is 2. The highest BCUT2D eigenvalue weighted by atomic mass is 16.2. The van der Waals surface area contributed by atoms with Crippen LogP contribution in [0.2, 0.25) is 0 Å². The second-order valence-corrected chi connectivity index (χ2v) is 4.29. The smallest absolute Gasteiger partial charge is 0.236 e. The van der Waals surface area contributed by atoms with Gasteiger partial charge in [-0.05, 0) is 33.3 Å². The summed E-state index contributed by atoms with van der Waals surface area (Å²) in [4.78, 5) is 11.6. The summed E-state index contributed by atoms with van der Waals surface area (Å²) in [5, 5.41) is 10.5. The molecule has 0 bridgehead atoms. The van der Waals surface area contributed by atoms with Crippen molar-refractivity contribution in [1.82, 2.24) is 20.4 Å². The second kappa shape index (κ2) is 7.16. The predicted octanol–water partition coefficient (Wildman–Crippen LogP) is 1.08. The molecule has 0 aliphatic carbocycles. The summed E-state index contributed by atoms with van der Waals surface area (Å²) in [6.07, 6.45) is 0.936. The Morgan fingerprint density at radius 2 is 2.17 bits per heavy atom. The third-order valence-corrected chi connectivity index (χ3v) is 2.91. The number of rotatable bonds is 7. The lowest BCUT2D eigenvalue weighted by Crippen LogP contribution is -2.41. The van der Waals surface area contributed by atoms with Crippen LogP contribution in [0.15, 0.2) is 6.07 Å². The van der Waals surface area contributed by atoms with E-state index in [-0.39, 0.29) is 11.9 Å². The molecule has 5 heteroatoms. The molecule has 1 atom stereocenters. The van der Waals surface area contributed by atoms with Crippen molar-refractivity contribution in [1.29, 1.82) is 0 Å². The number of amides is 1. The monoisotopic (exact) mass is 252 g/mol. The van der Waals surface area contributed by atoms with E-state index < -0.39 is 0 Å². The fourth-order valence-corrected chi connectivity index (χ4v) is 1.78. The highest BCUT2D eigenvalue weighted by molar-refractivity contribution is 5.81. The van der Waals surface area contributed by atoms with Crippen molar-refractivity contribution < 1.29 is 4.79 Å². The molecule has 18 heavy (non-hydrogen) atoms.